The smallest absolute Gasteiger partial charge is 0.0590 e. The van der Waals surface area contributed by atoms with Gasteiger partial charge in [-0.2, -0.15) is 0 Å². The van der Waals surface area contributed by atoms with Crippen molar-refractivity contribution in [3.63, 3.8) is 0 Å². The molecule has 138 valence electrons. The Morgan fingerprint density at radius 1 is 0.833 bits per heavy atom. The van der Waals surface area contributed by atoms with Crippen molar-refractivity contribution in [2.24, 2.45) is 0 Å². The molecule has 0 aliphatic carbocycles. The lowest BCUT2D eigenvalue weighted by atomic mass is 10.1. The Balaban J connectivity index is 1.77. The monoisotopic (exact) mass is 353 g/mol. The summed E-state index contributed by atoms with van der Waals surface area (Å²) >= 11 is 6.14. The third-order valence-electron chi connectivity index (χ3n) is 4.34. The minimum Gasteiger partial charge on any atom is -0.380 e. The van der Waals surface area contributed by atoms with E-state index in [0.29, 0.717) is 0 Å². The number of unbranched alkanes of at least 4 members (excludes halogenated alkanes) is 8. The molecule has 0 aliphatic heterocycles. The molecule has 0 saturated carbocycles. The first-order valence-corrected chi connectivity index (χ1v) is 10.2. The van der Waals surface area contributed by atoms with Crippen LogP contribution in [0.4, 0.5) is 0 Å². The molecule has 0 fully saturated rings. The zero-order valence-electron chi connectivity index (χ0n) is 15.5. The molecule has 0 spiro atoms. The van der Waals surface area contributed by atoms with Crippen molar-refractivity contribution in [3.8, 4) is 0 Å². The van der Waals surface area contributed by atoms with Gasteiger partial charge in [-0.05, 0) is 31.0 Å². The molecule has 0 unspecified atom stereocenters. The molecule has 0 aromatic heterocycles. The van der Waals surface area contributed by atoms with Gasteiger partial charge >= 0.3 is 0 Å². The largest absolute Gasteiger partial charge is 0.380 e. The number of rotatable bonds is 16. The van der Waals surface area contributed by atoms with Crippen molar-refractivity contribution in [1.29, 1.82) is 0 Å². The Kier molecular flexibility index (Phi) is 14.3. The maximum Gasteiger partial charge on any atom is 0.0590 e. The van der Waals surface area contributed by atoms with Crippen LogP contribution < -0.4 is 5.32 Å². The van der Waals surface area contributed by atoms with E-state index in [4.69, 9.17) is 16.3 Å². The Labute approximate surface area is 154 Å². The van der Waals surface area contributed by atoms with Gasteiger partial charge in [0.1, 0.15) is 0 Å². The van der Waals surface area contributed by atoms with Crippen LogP contribution in [0.1, 0.15) is 70.3 Å². The van der Waals surface area contributed by atoms with Gasteiger partial charge in [-0.15, -0.1) is 0 Å². The second-order valence-electron chi connectivity index (χ2n) is 6.53. The van der Waals surface area contributed by atoms with Gasteiger partial charge in [0.25, 0.3) is 0 Å². The zero-order chi connectivity index (χ0) is 17.3. The first kappa shape index (κ1) is 21.5. The minimum atomic E-state index is 0.805. The molecule has 0 bridgehead atoms. The zero-order valence-corrected chi connectivity index (χ0v) is 16.3. The molecule has 0 amide bonds. The average Bonchev–Trinajstić information content (AvgIpc) is 2.60. The minimum absolute atomic E-state index is 0.805. The Hall–Kier alpha value is -0.570. The van der Waals surface area contributed by atoms with E-state index >= 15 is 0 Å². The normalized spacial score (nSPS) is 11.1. The lowest BCUT2D eigenvalue weighted by molar-refractivity contribution is 0.131. The van der Waals surface area contributed by atoms with Crippen molar-refractivity contribution in [3.05, 3.63) is 34.9 Å². The van der Waals surface area contributed by atoms with Crippen LogP contribution in [0.5, 0.6) is 0 Å². The highest BCUT2D eigenvalue weighted by Crippen LogP contribution is 2.14. The van der Waals surface area contributed by atoms with Crippen LogP contribution in [-0.2, 0) is 11.2 Å². The second kappa shape index (κ2) is 15.9. The molecule has 0 heterocycles. The van der Waals surface area contributed by atoms with Crippen LogP contribution in [0, 0.1) is 0 Å². The van der Waals surface area contributed by atoms with E-state index in [1.807, 2.05) is 18.2 Å². The van der Waals surface area contributed by atoms with Crippen molar-refractivity contribution in [2.45, 2.75) is 71.1 Å². The Bertz CT molecular complexity index is 397. The van der Waals surface area contributed by atoms with Crippen LogP contribution in [0.15, 0.2) is 24.3 Å². The predicted molar refractivity (Wildman–Crippen MR) is 106 cm³/mol. The van der Waals surface area contributed by atoms with Crippen molar-refractivity contribution >= 4 is 11.6 Å². The highest BCUT2D eigenvalue weighted by atomic mass is 35.5. The summed E-state index contributed by atoms with van der Waals surface area (Å²) in [6.07, 6.45) is 13.2. The van der Waals surface area contributed by atoms with Crippen LogP contribution >= 0.6 is 11.6 Å². The van der Waals surface area contributed by atoms with Gasteiger partial charge in [-0.3, -0.25) is 0 Å². The summed E-state index contributed by atoms with van der Waals surface area (Å²) in [5, 5.41) is 4.27. The first-order valence-electron chi connectivity index (χ1n) is 9.86. The standard InChI is InChI=1S/C21H36ClNO/c1-2-3-4-5-6-7-8-9-12-18-24-19-17-23-16-15-20-13-10-11-14-21(20)22/h10-11,13-14,23H,2-9,12,15-19H2,1H3. The van der Waals surface area contributed by atoms with E-state index in [9.17, 15) is 0 Å². The Morgan fingerprint density at radius 3 is 2.21 bits per heavy atom. The van der Waals surface area contributed by atoms with E-state index in [-0.39, 0.29) is 0 Å². The summed E-state index contributed by atoms with van der Waals surface area (Å²) in [4.78, 5) is 0. The highest BCUT2D eigenvalue weighted by molar-refractivity contribution is 6.31. The van der Waals surface area contributed by atoms with Gasteiger partial charge in [0.05, 0.1) is 6.61 Å². The summed E-state index contributed by atoms with van der Waals surface area (Å²) in [6.45, 7) is 5.85. The van der Waals surface area contributed by atoms with Crippen LogP contribution in [-0.4, -0.2) is 26.3 Å². The lowest BCUT2D eigenvalue weighted by Gasteiger charge is -2.07. The molecule has 0 atom stereocenters. The number of hydrogen-bond acceptors (Lipinski definition) is 2. The molecule has 0 aliphatic rings. The first-order chi connectivity index (χ1) is 11.8. The number of ether oxygens (including phenoxy) is 1. The van der Waals surface area contributed by atoms with Crippen molar-refractivity contribution in [2.75, 3.05) is 26.3 Å². The number of halogens is 1. The van der Waals surface area contributed by atoms with Gasteiger partial charge in [-0.25, -0.2) is 0 Å². The molecule has 1 aromatic carbocycles. The maximum atomic E-state index is 6.14. The number of hydrogen-bond donors (Lipinski definition) is 1. The van der Waals surface area contributed by atoms with Gasteiger partial charge in [0.2, 0.25) is 0 Å². The summed E-state index contributed by atoms with van der Waals surface area (Å²) in [7, 11) is 0. The number of nitrogens with one attached hydrogen (secondary N) is 1. The summed E-state index contributed by atoms with van der Waals surface area (Å²) < 4.78 is 5.68. The van der Waals surface area contributed by atoms with Crippen LogP contribution in [0.25, 0.3) is 0 Å². The van der Waals surface area contributed by atoms with Gasteiger partial charge in [0, 0.05) is 18.2 Å². The lowest BCUT2D eigenvalue weighted by Crippen LogP contribution is -2.22. The second-order valence-corrected chi connectivity index (χ2v) is 6.94. The quantitative estimate of drug-likeness (QED) is 0.367. The topological polar surface area (TPSA) is 21.3 Å². The maximum absolute atomic E-state index is 6.14. The Morgan fingerprint density at radius 2 is 1.50 bits per heavy atom. The molecule has 1 N–H and O–H groups in total. The summed E-state index contributed by atoms with van der Waals surface area (Å²) in [5.41, 5.74) is 1.21. The molecule has 0 radical (unpaired) electrons. The molecule has 24 heavy (non-hydrogen) atoms. The molecule has 1 aromatic rings. The van der Waals surface area contributed by atoms with E-state index in [2.05, 4.69) is 18.3 Å². The number of benzene rings is 1. The van der Waals surface area contributed by atoms with Crippen molar-refractivity contribution in [1.82, 2.24) is 5.32 Å². The summed E-state index contributed by atoms with van der Waals surface area (Å²) in [5.74, 6) is 0. The molecule has 3 heteroatoms. The summed E-state index contributed by atoms with van der Waals surface area (Å²) in [6, 6.07) is 8.05. The van der Waals surface area contributed by atoms with E-state index in [0.717, 1.165) is 37.7 Å². The van der Waals surface area contributed by atoms with Crippen LogP contribution in [0.2, 0.25) is 5.02 Å². The van der Waals surface area contributed by atoms with E-state index in [1.165, 1.54) is 63.4 Å². The highest BCUT2D eigenvalue weighted by Gasteiger charge is 1.98. The fourth-order valence-corrected chi connectivity index (χ4v) is 3.04. The average molecular weight is 354 g/mol. The fraction of sp³-hybridized carbons (Fsp3) is 0.714. The molecular weight excluding hydrogens is 318 g/mol. The van der Waals surface area contributed by atoms with Gasteiger partial charge in [0.15, 0.2) is 0 Å². The third kappa shape index (κ3) is 11.9. The SMILES string of the molecule is CCCCCCCCCCCOCCNCCc1ccccc1Cl. The van der Waals surface area contributed by atoms with E-state index < -0.39 is 0 Å². The molecule has 1 rings (SSSR count). The van der Waals surface area contributed by atoms with Gasteiger partial charge < -0.3 is 10.1 Å². The molecule has 2 nitrogen and oxygen atoms in total. The fourth-order valence-electron chi connectivity index (χ4n) is 2.81. The molecular formula is C21H36ClNO. The van der Waals surface area contributed by atoms with Crippen LogP contribution in [0.3, 0.4) is 0 Å². The molecule has 0 saturated heterocycles. The van der Waals surface area contributed by atoms with E-state index in [1.54, 1.807) is 0 Å². The van der Waals surface area contributed by atoms with Gasteiger partial charge in [-0.1, -0.05) is 88.1 Å². The third-order valence-corrected chi connectivity index (χ3v) is 4.71. The predicted octanol–water partition coefficient (Wildman–Crippen LogP) is 6.02. The van der Waals surface area contributed by atoms with Crippen molar-refractivity contribution < 1.29 is 4.74 Å².